The summed E-state index contributed by atoms with van der Waals surface area (Å²) in [5.74, 6) is -0.498. The molecule has 0 unspecified atom stereocenters. The van der Waals surface area contributed by atoms with E-state index in [1.165, 1.54) is 29.4 Å². The number of halogens is 1. The van der Waals surface area contributed by atoms with Crippen molar-refractivity contribution in [2.45, 2.75) is 37.6 Å². The molecular formula is C22H26ClN3O4S. The molecule has 7 nitrogen and oxygen atoms in total. The fourth-order valence-electron chi connectivity index (χ4n) is 3.42. The molecule has 166 valence electrons. The zero-order chi connectivity index (χ0) is 22.6. The molecule has 0 spiro atoms. The van der Waals surface area contributed by atoms with Gasteiger partial charge in [0.2, 0.25) is 15.9 Å². The van der Waals surface area contributed by atoms with E-state index in [2.05, 4.69) is 5.32 Å². The average molecular weight is 464 g/mol. The SMILES string of the molecule is CC(=O)N(C)Cc1cccc(NC(=O)c2ccc(Cl)c(S(=O)(=O)N3CCCCC3)c2)c1. The van der Waals surface area contributed by atoms with Crippen LogP contribution in [0.15, 0.2) is 47.4 Å². The Bertz CT molecular complexity index is 1080. The standard InChI is InChI=1S/C22H26ClN3O4S/c1-16(27)25(2)15-17-7-6-8-19(13-17)24-22(28)18-9-10-20(23)21(14-18)31(29,30)26-11-4-3-5-12-26/h6-10,13-14H,3-5,11-12,15H2,1-2H3,(H,24,28). The topological polar surface area (TPSA) is 86.8 Å². The van der Waals surface area contributed by atoms with Crippen molar-refractivity contribution in [3.05, 3.63) is 58.6 Å². The molecule has 0 bridgehead atoms. The van der Waals surface area contributed by atoms with E-state index < -0.39 is 15.9 Å². The Morgan fingerprint density at radius 3 is 2.48 bits per heavy atom. The maximum atomic E-state index is 13.0. The van der Waals surface area contributed by atoms with Crippen LogP contribution in [0.1, 0.15) is 42.1 Å². The number of rotatable bonds is 6. The Kier molecular flexibility index (Phi) is 7.35. The molecule has 31 heavy (non-hydrogen) atoms. The summed E-state index contributed by atoms with van der Waals surface area (Å²) in [5, 5.41) is 2.88. The number of hydrogen-bond donors (Lipinski definition) is 1. The molecule has 2 amide bonds. The van der Waals surface area contributed by atoms with Crippen molar-refractivity contribution in [3.63, 3.8) is 0 Å². The largest absolute Gasteiger partial charge is 0.342 e. The summed E-state index contributed by atoms with van der Waals surface area (Å²) in [5.41, 5.74) is 1.61. The highest BCUT2D eigenvalue weighted by Crippen LogP contribution is 2.28. The van der Waals surface area contributed by atoms with Crippen LogP contribution in [0.3, 0.4) is 0 Å². The molecule has 0 saturated carbocycles. The predicted octanol–water partition coefficient (Wildman–Crippen LogP) is 3.75. The van der Waals surface area contributed by atoms with E-state index in [0.29, 0.717) is 25.3 Å². The molecule has 0 aromatic heterocycles. The van der Waals surface area contributed by atoms with Crippen LogP contribution >= 0.6 is 11.6 Å². The van der Waals surface area contributed by atoms with Gasteiger partial charge in [-0.25, -0.2) is 8.42 Å². The Balaban J connectivity index is 1.80. The van der Waals surface area contributed by atoms with Crippen LogP contribution in [0.25, 0.3) is 0 Å². The van der Waals surface area contributed by atoms with E-state index in [9.17, 15) is 18.0 Å². The zero-order valence-electron chi connectivity index (χ0n) is 17.6. The van der Waals surface area contributed by atoms with Crippen molar-refractivity contribution < 1.29 is 18.0 Å². The number of piperidine rings is 1. The van der Waals surface area contributed by atoms with Gasteiger partial charge < -0.3 is 10.2 Å². The molecule has 3 rings (SSSR count). The van der Waals surface area contributed by atoms with Crippen molar-refractivity contribution >= 4 is 39.1 Å². The van der Waals surface area contributed by atoms with Gasteiger partial charge in [-0.05, 0) is 48.7 Å². The minimum Gasteiger partial charge on any atom is -0.342 e. The molecule has 1 saturated heterocycles. The Hall–Kier alpha value is -2.42. The minimum absolute atomic E-state index is 0.0550. The van der Waals surface area contributed by atoms with Gasteiger partial charge in [0.25, 0.3) is 5.91 Å². The summed E-state index contributed by atoms with van der Waals surface area (Å²) >= 11 is 6.19. The van der Waals surface area contributed by atoms with Crippen molar-refractivity contribution in [1.29, 1.82) is 0 Å². The molecule has 1 fully saturated rings. The minimum atomic E-state index is -3.77. The molecule has 1 aliphatic rings. The van der Waals surface area contributed by atoms with Gasteiger partial charge in [0.1, 0.15) is 4.90 Å². The zero-order valence-corrected chi connectivity index (χ0v) is 19.2. The molecule has 9 heteroatoms. The third-order valence-electron chi connectivity index (χ3n) is 5.27. The van der Waals surface area contributed by atoms with Gasteiger partial charge in [0, 0.05) is 44.9 Å². The number of carbonyl (C=O) groups excluding carboxylic acids is 2. The summed E-state index contributed by atoms with van der Waals surface area (Å²) in [6.45, 7) is 2.81. The van der Waals surface area contributed by atoms with Crippen molar-refractivity contribution in [1.82, 2.24) is 9.21 Å². The molecule has 1 heterocycles. The summed E-state index contributed by atoms with van der Waals surface area (Å²) < 4.78 is 27.5. The number of sulfonamides is 1. The maximum Gasteiger partial charge on any atom is 0.255 e. The summed E-state index contributed by atoms with van der Waals surface area (Å²) in [6.07, 6.45) is 2.63. The van der Waals surface area contributed by atoms with Crippen LogP contribution in [0.5, 0.6) is 0 Å². The molecule has 2 aromatic rings. The molecule has 0 radical (unpaired) electrons. The van der Waals surface area contributed by atoms with E-state index in [0.717, 1.165) is 24.8 Å². The summed E-state index contributed by atoms with van der Waals surface area (Å²) in [6, 6.07) is 11.4. The number of nitrogens with zero attached hydrogens (tertiary/aromatic N) is 2. The number of hydrogen-bond acceptors (Lipinski definition) is 4. The van der Waals surface area contributed by atoms with Crippen molar-refractivity contribution in [2.24, 2.45) is 0 Å². The lowest BCUT2D eigenvalue weighted by atomic mass is 10.1. The Morgan fingerprint density at radius 1 is 1.10 bits per heavy atom. The van der Waals surface area contributed by atoms with Gasteiger partial charge in [-0.3, -0.25) is 9.59 Å². The van der Waals surface area contributed by atoms with Crippen LogP contribution in [0.4, 0.5) is 5.69 Å². The lowest BCUT2D eigenvalue weighted by Gasteiger charge is -2.26. The summed E-state index contributed by atoms with van der Waals surface area (Å²) in [4.78, 5) is 25.8. The highest BCUT2D eigenvalue weighted by atomic mass is 35.5. The van der Waals surface area contributed by atoms with Gasteiger partial charge >= 0.3 is 0 Å². The maximum absolute atomic E-state index is 13.0. The van der Waals surface area contributed by atoms with Gasteiger partial charge in [-0.15, -0.1) is 0 Å². The molecule has 1 aliphatic heterocycles. The fourth-order valence-corrected chi connectivity index (χ4v) is 5.44. The first-order valence-corrected chi connectivity index (χ1v) is 11.9. The Labute approximate surface area is 188 Å². The highest BCUT2D eigenvalue weighted by molar-refractivity contribution is 7.89. The second-order valence-corrected chi connectivity index (χ2v) is 9.95. The van der Waals surface area contributed by atoms with E-state index >= 15 is 0 Å². The van der Waals surface area contributed by atoms with Crippen LogP contribution in [0.2, 0.25) is 5.02 Å². The van der Waals surface area contributed by atoms with E-state index in [-0.39, 0.29) is 21.4 Å². The number of benzene rings is 2. The third kappa shape index (κ3) is 5.64. The lowest BCUT2D eigenvalue weighted by Crippen LogP contribution is -2.35. The number of anilines is 1. The van der Waals surface area contributed by atoms with Crippen molar-refractivity contribution in [2.75, 3.05) is 25.5 Å². The first-order valence-electron chi connectivity index (χ1n) is 10.1. The molecule has 1 N–H and O–H groups in total. The molecule has 2 aromatic carbocycles. The predicted molar refractivity (Wildman–Crippen MR) is 121 cm³/mol. The normalized spacial score (nSPS) is 14.8. The molecule has 0 atom stereocenters. The first kappa shape index (κ1) is 23.2. The number of nitrogens with one attached hydrogen (secondary N) is 1. The van der Waals surface area contributed by atoms with Crippen molar-refractivity contribution in [3.8, 4) is 0 Å². The highest BCUT2D eigenvalue weighted by Gasteiger charge is 2.28. The third-order valence-corrected chi connectivity index (χ3v) is 7.65. The monoisotopic (exact) mass is 463 g/mol. The Morgan fingerprint density at radius 2 is 1.81 bits per heavy atom. The number of carbonyl (C=O) groups is 2. The van der Waals surface area contributed by atoms with E-state index in [4.69, 9.17) is 11.6 Å². The molecular weight excluding hydrogens is 438 g/mol. The first-order chi connectivity index (χ1) is 14.7. The quantitative estimate of drug-likeness (QED) is 0.706. The van der Waals surface area contributed by atoms with Crippen LogP contribution in [-0.2, 0) is 21.4 Å². The van der Waals surface area contributed by atoms with E-state index in [1.54, 1.807) is 30.1 Å². The van der Waals surface area contributed by atoms with Crippen LogP contribution < -0.4 is 5.32 Å². The smallest absolute Gasteiger partial charge is 0.255 e. The van der Waals surface area contributed by atoms with Crippen LogP contribution in [0, 0.1) is 0 Å². The second-order valence-electron chi connectivity index (χ2n) is 7.64. The fraction of sp³-hybridized carbons (Fsp3) is 0.364. The number of amides is 2. The average Bonchev–Trinajstić information content (AvgIpc) is 2.74. The van der Waals surface area contributed by atoms with Crippen LogP contribution in [-0.4, -0.2) is 49.6 Å². The summed E-state index contributed by atoms with van der Waals surface area (Å²) in [7, 11) is -2.07. The van der Waals surface area contributed by atoms with E-state index in [1.807, 2.05) is 6.07 Å². The second kappa shape index (κ2) is 9.80. The molecule has 0 aliphatic carbocycles. The lowest BCUT2D eigenvalue weighted by molar-refractivity contribution is -0.128. The van der Waals surface area contributed by atoms with Gasteiger partial charge in [0.05, 0.1) is 5.02 Å². The van der Waals surface area contributed by atoms with Gasteiger partial charge in [0.15, 0.2) is 0 Å². The van der Waals surface area contributed by atoms with Gasteiger partial charge in [-0.1, -0.05) is 30.2 Å². The van der Waals surface area contributed by atoms with Gasteiger partial charge in [-0.2, -0.15) is 4.31 Å².